The molecule has 3 heteroatoms. The zero-order chi connectivity index (χ0) is 14.1. The second-order valence-corrected chi connectivity index (χ2v) is 5.52. The third-order valence-electron chi connectivity index (χ3n) is 3.97. The number of aryl methyl sites for hydroxylation is 2. The number of hydrogen-bond acceptors (Lipinski definition) is 3. The van der Waals surface area contributed by atoms with E-state index in [0.29, 0.717) is 6.61 Å². The van der Waals surface area contributed by atoms with Crippen molar-refractivity contribution in [2.24, 2.45) is 0 Å². The van der Waals surface area contributed by atoms with Crippen molar-refractivity contribution in [2.45, 2.75) is 39.5 Å². The van der Waals surface area contributed by atoms with Gasteiger partial charge in [0.25, 0.3) is 0 Å². The molecule has 2 atom stereocenters. The summed E-state index contributed by atoms with van der Waals surface area (Å²) in [5.41, 5.74) is 3.86. The Morgan fingerprint density at radius 2 is 2.05 bits per heavy atom. The largest absolute Gasteiger partial charge is 0.466 e. The molecule has 1 aromatic heterocycles. The van der Waals surface area contributed by atoms with Crippen molar-refractivity contribution in [1.29, 1.82) is 0 Å². The molecule has 0 radical (unpaired) electrons. The van der Waals surface area contributed by atoms with E-state index in [1.807, 2.05) is 13.8 Å². The van der Waals surface area contributed by atoms with E-state index >= 15 is 0 Å². The standard InChI is InChI=1S/C17H21NO2/c1-11-8-16(13(3)20-11)12(2)18-17-10-19-9-14-6-4-5-7-15(14)17/h4-8,12,17-18H,9-10H2,1-3H3. The molecule has 0 saturated heterocycles. The Balaban J connectivity index is 1.80. The van der Waals surface area contributed by atoms with Gasteiger partial charge in [0.2, 0.25) is 0 Å². The van der Waals surface area contributed by atoms with Gasteiger partial charge >= 0.3 is 0 Å². The normalized spacial score (nSPS) is 19.6. The second-order valence-electron chi connectivity index (χ2n) is 5.52. The number of rotatable bonds is 3. The molecule has 0 bridgehead atoms. The molecule has 1 aromatic carbocycles. The van der Waals surface area contributed by atoms with E-state index in [1.165, 1.54) is 16.7 Å². The van der Waals surface area contributed by atoms with E-state index in [1.54, 1.807) is 0 Å². The van der Waals surface area contributed by atoms with Crippen LogP contribution >= 0.6 is 0 Å². The fraction of sp³-hybridized carbons (Fsp3) is 0.412. The number of nitrogens with one attached hydrogen (secondary N) is 1. The number of hydrogen-bond donors (Lipinski definition) is 1. The first-order chi connectivity index (χ1) is 9.65. The summed E-state index contributed by atoms with van der Waals surface area (Å²) in [4.78, 5) is 0. The lowest BCUT2D eigenvalue weighted by molar-refractivity contribution is 0.0790. The summed E-state index contributed by atoms with van der Waals surface area (Å²) in [5, 5.41) is 3.66. The molecule has 0 fully saturated rings. The summed E-state index contributed by atoms with van der Waals surface area (Å²) in [6.45, 7) is 7.62. The van der Waals surface area contributed by atoms with Gasteiger partial charge in [-0.3, -0.25) is 0 Å². The van der Waals surface area contributed by atoms with Crippen molar-refractivity contribution in [3.63, 3.8) is 0 Å². The first-order valence-corrected chi connectivity index (χ1v) is 7.13. The molecule has 1 N–H and O–H groups in total. The smallest absolute Gasteiger partial charge is 0.105 e. The maximum atomic E-state index is 5.69. The molecule has 1 aliphatic rings. The molecule has 2 heterocycles. The average molecular weight is 271 g/mol. The highest BCUT2D eigenvalue weighted by Gasteiger charge is 2.23. The Hall–Kier alpha value is -1.58. The Morgan fingerprint density at radius 3 is 2.80 bits per heavy atom. The molecule has 0 aliphatic carbocycles. The molecule has 1 aliphatic heterocycles. The van der Waals surface area contributed by atoms with Crippen molar-refractivity contribution >= 4 is 0 Å². The summed E-state index contributed by atoms with van der Waals surface area (Å²) >= 11 is 0. The molecule has 3 nitrogen and oxygen atoms in total. The van der Waals surface area contributed by atoms with Crippen molar-refractivity contribution in [3.05, 3.63) is 58.5 Å². The third-order valence-corrected chi connectivity index (χ3v) is 3.97. The first-order valence-electron chi connectivity index (χ1n) is 7.13. The molecular weight excluding hydrogens is 250 g/mol. The molecule has 3 rings (SSSR count). The van der Waals surface area contributed by atoms with Gasteiger partial charge in [-0.2, -0.15) is 0 Å². The van der Waals surface area contributed by atoms with Crippen molar-refractivity contribution in [2.75, 3.05) is 6.61 Å². The van der Waals surface area contributed by atoms with Crippen LogP contribution in [-0.4, -0.2) is 6.61 Å². The predicted octanol–water partition coefficient (Wildman–Crippen LogP) is 3.82. The lowest BCUT2D eigenvalue weighted by atomic mass is 9.97. The zero-order valence-corrected chi connectivity index (χ0v) is 12.3. The van der Waals surface area contributed by atoms with Gasteiger partial charge in [-0.05, 0) is 38.0 Å². The molecule has 20 heavy (non-hydrogen) atoms. The monoisotopic (exact) mass is 271 g/mol. The van der Waals surface area contributed by atoms with Gasteiger partial charge in [0, 0.05) is 11.6 Å². The van der Waals surface area contributed by atoms with Crippen molar-refractivity contribution in [3.8, 4) is 0 Å². The van der Waals surface area contributed by atoms with Crippen LogP contribution in [0.1, 0.15) is 47.2 Å². The Kier molecular flexibility index (Phi) is 3.64. The van der Waals surface area contributed by atoms with Crippen LogP contribution in [0.15, 0.2) is 34.7 Å². The summed E-state index contributed by atoms with van der Waals surface area (Å²) in [7, 11) is 0. The number of ether oxygens (including phenoxy) is 1. The van der Waals surface area contributed by atoms with Gasteiger partial charge in [-0.25, -0.2) is 0 Å². The highest BCUT2D eigenvalue weighted by Crippen LogP contribution is 2.28. The molecule has 0 spiro atoms. The van der Waals surface area contributed by atoms with Gasteiger partial charge in [-0.15, -0.1) is 0 Å². The lowest BCUT2D eigenvalue weighted by Gasteiger charge is -2.29. The number of fused-ring (bicyclic) bond motifs is 1. The van der Waals surface area contributed by atoms with Crippen molar-refractivity contribution in [1.82, 2.24) is 5.32 Å². The van der Waals surface area contributed by atoms with E-state index < -0.39 is 0 Å². The quantitative estimate of drug-likeness (QED) is 0.921. The van der Waals surface area contributed by atoms with Gasteiger partial charge in [0.1, 0.15) is 11.5 Å². The van der Waals surface area contributed by atoms with Gasteiger partial charge in [0.05, 0.1) is 19.3 Å². The first kappa shape index (κ1) is 13.4. The van der Waals surface area contributed by atoms with Crippen LogP contribution in [0.25, 0.3) is 0 Å². The summed E-state index contributed by atoms with van der Waals surface area (Å²) in [6.07, 6.45) is 0. The minimum Gasteiger partial charge on any atom is -0.466 e. The highest BCUT2D eigenvalue weighted by molar-refractivity contribution is 5.32. The average Bonchev–Trinajstić information content (AvgIpc) is 2.78. The van der Waals surface area contributed by atoms with E-state index in [0.717, 1.165) is 18.1 Å². The molecular formula is C17H21NO2. The topological polar surface area (TPSA) is 34.4 Å². The summed E-state index contributed by atoms with van der Waals surface area (Å²) in [6, 6.07) is 11.1. The van der Waals surface area contributed by atoms with Crippen LogP contribution in [0.2, 0.25) is 0 Å². The van der Waals surface area contributed by atoms with Crippen LogP contribution in [0.3, 0.4) is 0 Å². The predicted molar refractivity (Wildman–Crippen MR) is 78.6 cm³/mol. The molecule has 0 amide bonds. The highest BCUT2D eigenvalue weighted by atomic mass is 16.5. The Morgan fingerprint density at radius 1 is 1.25 bits per heavy atom. The zero-order valence-electron chi connectivity index (χ0n) is 12.3. The van der Waals surface area contributed by atoms with Crippen LogP contribution < -0.4 is 5.32 Å². The maximum absolute atomic E-state index is 5.69. The van der Waals surface area contributed by atoms with E-state index in [-0.39, 0.29) is 12.1 Å². The van der Waals surface area contributed by atoms with Gasteiger partial charge in [-0.1, -0.05) is 24.3 Å². The van der Waals surface area contributed by atoms with E-state index in [4.69, 9.17) is 9.15 Å². The Labute approximate surface area is 119 Å². The second kappa shape index (κ2) is 5.43. The summed E-state index contributed by atoms with van der Waals surface area (Å²) < 4.78 is 11.3. The number of furan rings is 1. The van der Waals surface area contributed by atoms with Crippen LogP contribution in [0.5, 0.6) is 0 Å². The van der Waals surface area contributed by atoms with Gasteiger partial charge in [0.15, 0.2) is 0 Å². The maximum Gasteiger partial charge on any atom is 0.105 e. The van der Waals surface area contributed by atoms with Crippen molar-refractivity contribution < 1.29 is 9.15 Å². The third kappa shape index (κ3) is 2.51. The fourth-order valence-electron chi connectivity index (χ4n) is 2.99. The van der Waals surface area contributed by atoms with E-state index in [9.17, 15) is 0 Å². The van der Waals surface area contributed by atoms with E-state index in [2.05, 4.69) is 42.6 Å². The minimum atomic E-state index is 0.240. The molecule has 0 saturated carbocycles. The lowest BCUT2D eigenvalue weighted by Crippen LogP contribution is -2.31. The minimum absolute atomic E-state index is 0.240. The number of benzene rings is 1. The SMILES string of the molecule is Cc1cc(C(C)NC2COCc3ccccc32)c(C)o1. The van der Waals surface area contributed by atoms with Crippen LogP contribution in [0.4, 0.5) is 0 Å². The molecule has 106 valence electrons. The molecule has 2 aromatic rings. The Bertz CT molecular complexity index is 603. The summed E-state index contributed by atoms with van der Waals surface area (Å²) in [5.74, 6) is 1.96. The van der Waals surface area contributed by atoms with Gasteiger partial charge < -0.3 is 14.5 Å². The van der Waals surface area contributed by atoms with Crippen LogP contribution in [-0.2, 0) is 11.3 Å². The van der Waals surface area contributed by atoms with Crippen LogP contribution in [0, 0.1) is 13.8 Å². The fourth-order valence-corrected chi connectivity index (χ4v) is 2.99. The molecule has 2 unspecified atom stereocenters.